The van der Waals surface area contributed by atoms with Gasteiger partial charge in [0, 0.05) is 0 Å². The van der Waals surface area contributed by atoms with Crippen molar-refractivity contribution < 1.29 is 47.6 Å². The minimum atomic E-state index is -1.21. The van der Waals surface area contributed by atoms with E-state index in [9.17, 15) is 0 Å². The maximum atomic E-state index is 2.59. The Balaban J connectivity index is 0.00000221. The molecule has 0 fully saturated rings. The van der Waals surface area contributed by atoms with Gasteiger partial charge in [-0.3, -0.25) is 0 Å². The van der Waals surface area contributed by atoms with Gasteiger partial charge < -0.3 is 24.8 Å². The van der Waals surface area contributed by atoms with Crippen LogP contribution in [0.15, 0.2) is 97.1 Å². The van der Waals surface area contributed by atoms with Gasteiger partial charge in [0.25, 0.3) is 0 Å². The molecule has 0 N–H and O–H groups in total. The maximum Gasteiger partial charge on any atom is -1.00 e. The van der Waals surface area contributed by atoms with E-state index in [1.165, 1.54) is 27.8 Å². The number of hydrogen-bond donors (Lipinski definition) is 0. The quantitative estimate of drug-likeness (QED) is 0.248. The predicted molar refractivity (Wildman–Crippen MR) is 178 cm³/mol. The summed E-state index contributed by atoms with van der Waals surface area (Å²) in [4.78, 5) is 0. The van der Waals surface area contributed by atoms with Crippen LogP contribution in [0.2, 0.25) is 0 Å². The molecule has 4 aromatic carbocycles. The number of hydrogen-bond acceptors (Lipinski definition) is 0. The van der Waals surface area contributed by atoms with Crippen molar-refractivity contribution in [2.45, 2.75) is 76.3 Å². The molecule has 4 aromatic rings. The van der Waals surface area contributed by atoms with Crippen LogP contribution in [0, 0.1) is 0 Å². The number of rotatable bonds is 8. The van der Waals surface area contributed by atoms with Gasteiger partial charge >= 0.3 is 266 Å². The second-order valence-corrected chi connectivity index (χ2v) is 15.8. The number of benzene rings is 4. The molecule has 0 heterocycles. The molecule has 6 rings (SSSR count). The van der Waals surface area contributed by atoms with E-state index < -0.39 is 22.8 Å². The van der Waals surface area contributed by atoms with Crippen LogP contribution in [0.25, 0.3) is 16.7 Å². The zero-order valence-corrected chi connectivity index (χ0v) is 30.8. The smallest absolute Gasteiger partial charge is 1.00 e. The molecule has 0 aromatic heterocycles. The minimum Gasteiger partial charge on any atom is -1.00 e. The fraction of sp³-hybridized carbons (Fsp3) is 0.293. The van der Waals surface area contributed by atoms with Crippen molar-refractivity contribution in [3.63, 3.8) is 0 Å². The Hall–Kier alpha value is -2.31. The van der Waals surface area contributed by atoms with Gasteiger partial charge in [-0.15, -0.1) is 0 Å². The van der Waals surface area contributed by atoms with Crippen molar-refractivity contribution >= 4 is 8.78 Å². The Morgan fingerprint density at radius 2 is 1.36 bits per heavy atom. The van der Waals surface area contributed by atoms with E-state index in [-0.39, 0.29) is 24.8 Å². The number of aryl methyl sites for hydroxylation is 1. The van der Waals surface area contributed by atoms with Crippen LogP contribution in [0.4, 0.5) is 0 Å². The van der Waals surface area contributed by atoms with Crippen LogP contribution in [0.3, 0.4) is 0 Å². The van der Waals surface area contributed by atoms with Crippen LogP contribution in [-0.4, -0.2) is 3.21 Å². The molecule has 1 unspecified atom stereocenters. The van der Waals surface area contributed by atoms with Gasteiger partial charge in [0.2, 0.25) is 0 Å². The van der Waals surface area contributed by atoms with Gasteiger partial charge in [0.05, 0.1) is 0 Å². The summed E-state index contributed by atoms with van der Waals surface area (Å²) in [6, 6.07) is 30.0. The van der Waals surface area contributed by atoms with Crippen LogP contribution in [-0.2, 0) is 35.6 Å². The van der Waals surface area contributed by atoms with E-state index in [2.05, 4.69) is 139 Å². The van der Waals surface area contributed by atoms with Gasteiger partial charge in [0.15, 0.2) is 0 Å². The van der Waals surface area contributed by atoms with Gasteiger partial charge in [-0.25, -0.2) is 0 Å². The summed E-state index contributed by atoms with van der Waals surface area (Å²) in [7, 11) is 0. The molecule has 2 aliphatic carbocycles. The molecule has 2 aliphatic rings. The Morgan fingerprint density at radius 1 is 0.750 bits per heavy atom. The van der Waals surface area contributed by atoms with E-state index >= 15 is 0 Å². The summed E-state index contributed by atoms with van der Waals surface area (Å²) in [5, 5.41) is 0. The van der Waals surface area contributed by atoms with Crippen molar-refractivity contribution in [1.82, 2.24) is 0 Å². The average Bonchev–Trinajstić information content (AvgIpc) is 3.65. The fourth-order valence-corrected chi connectivity index (χ4v) is 11.7. The zero-order valence-electron chi connectivity index (χ0n) is 26.8. The Bertz CT molecular complexity index is 1670. The monoisotopic (exact) mass is 695 g/mol. The van der Waals surface area contributed by atoms with Crippen molar-refractivity contribution in [2.75, 3.05) is 0 Å². The SMILES string of the molecule is CCc1ccc2c(c1)[CH]([Zr+2]=[C](c1ccccc1)c1ccccc1)c1c(C3=CC=CC3)c(CC)c(C(C)C)c(C(C)C)c1-2.[Cl-].[Cl-]. The molecule has 1 atom stereocenters. The first-order chi connectivity index (χ1) is 20.4. The van der Waals surface area contributed by atoms with E-state index in [4.69, 9.17) is 0 Å². The second-order valence-electron chi connectivity index (χ2n) is 12.4. The Kier molecular flexibility index (Phi) is 11.7. The molecule has 0 aliphatic heterocycles. The molecule has 0 saturated heterocycles. The fourth-order valence-electron chi connectivity index (χ4n) is 7.36. The number of allylic oxidation sites excluding steroid dienone is 4. The number of halogens is 2. The van der Waals surface area contributed by atoms with Gasteiger partial charge in [0.1, 0.15) is 0 Å². The molecule has 0 bridgehead atoms. The first kappa shape index (κ1) is 34.6. The molecule has 0 radical (unpaired) electrons. The first-order valence-electron chi connectivity index (χ1n) is 15.9. The molecule has 0 nitrogen and oxygen atoms in total. The molecular formula is C41H43Cl2Zr. The molecule has 44 heavy (non-hydrogen) atoms. The third kappa shape index (κ3) is 6.23. The summed E-state index contributed by atoms with van der Waals surface area (Å²) >= 11 is -1.21. The van der Waals surface area contributed by atoms with E-state index in [1.807, 2.05) is 0 Å². The normalized spacial score (nSPS) is 14.5. The van der Waals surface area contributed by atoms with Crippen molar-refractivity contribution in [2.24, 2.45) is 0 Å². The average molecular weight is 698 g/mol. The maximum absolute atomic E-state index is 2.59. The minimum absolute atomic E-state index is 0. The molecule has 0 spiro atoms. The van der Waals surface area contributed by atoms with Crippen molar-refractivity contribution in [3.8, 4) is 11.1 Å². The van der Waals surface area contributed by atoms with E-state index in [1.54, 1.807) is 42.2 Å². The molecule has 0 amide bonds. The number of fused-ring (bicyclic) bond motifs is 3. The predicted octanol–water partition coefficient (Wildman–Crippen LogP) is 4.83. The van der Waals surface area contributed by atoms with E-state index in [0.29, 0.717) is 15.5 Å². The molecular weight excluding hydrogens is 655 g/mol. The third-order valence-corrected chi connectivity index (χ3v) is 13.4. The summed E-state index contributed by atoms with van der Waals surface area (Å²) in [6.07, 6.45) is 10.2. The Labute approximate surface area is 289 Å². The summed E-state index contributed by atoms with van der Waals surface area (Å²) in [5.74, 6) is 0.963. The van der Waals surface area contributed by atoms with Gasteiger partial charge in [-0.1, -0.05) is 0 Å². The Morgan fingerprint density at radius 3 is 1.86 bits per heavy atom. The topological polar surface area (TPSA) is 0 Å². The van der Waals surface area contributed by atoms with E-state index in [0.717, 1.165) is 19.3 Å². The largest absolute Gasteiger partial charge is 1.00 e. The summed E-state index contributed by atoms with van der Waals surface area (Å²) < 4.78 is 2.08. The standard InChI is InChI=1S/C28H33.C13H10.2ClH.Zr/c1-7-19-13-14-23-21(15-19)16-24-27(20-11-9-10-12-20)22(8-2)25(17(3)4)26(18(5)6)28(23)24;1-3-7-12(8-4-1)11-13-9-5-2-6-10-13;;;/h9-11,13-18H,7-8,12H2,1-6H3;1-10H;2*1H;/q;;;;+2/p-2. The van der Waals surface area contributed by atoms with Crippen LogP contribution < -0.4 is 24.8 Å². The van der Waals surface area contributed by atoms with Crippen LogP contribution in [0.5, 0.6) is 0 Å². The van der Waals surface area contributed by atoms with Gasteiger partial charge in [-0.2, -0.15) is 0 Å². The first-order valence-corrected chi connectivity index (χ1v) is 18.5. The molecule has 0 saturated carbocycles. The van der Waals surface area contributed by atoms with Crippen molar-refractivity contribution in [3.05, 3.63) is 147 Å². The third-order valence-electron chi connectivity index (χ3n) is 9.13. The molecule has 3 heteroatoms. The van der Waals surface area contributed by atoms with Gasteiger partial charge in [-0.05, 0) is 0 Å². The second kappa shape index (κ2) is 14.9. The van der Waals surface area contributed by atoms with Crippen LogP contribution >= 0.6 is 0 Å². The summed E-state index contributed by atoms with van der Waals surface area (Å²) in [6.45, 7) is 14.4. The zero-order chi connectivity index (χ0) is 29.4. The van der Waals surface area contributed by atoms with Crippen molar-refractivity contribution in [1.29, 1.82) is 0 Å². The summed E-state index contributed by atoms with van der Waals surface area (Å²) in [5.41, 5.74) is 18.6. The molecule has 225 valence electrons. The van der Waals surface area contributed by atoms with Crippen LogP contribution in [0.1, 0.15) is 113 Å².